The molecular weight excluding hydrogens is 219 g/mol. The molecule has 0 radical (unpaired) electrons. The summed E-state index contributed by atoms with van der Waals surface area (Å²) < 4.78 is 10.6. The maximum atomic E-state index is 5.27. The Morgan fingerprint density at radius 1 is 1.62 bits per heavy atom. The van der Waals surface area contributed by atoms with E-state index in [1.807, 2.05) is 0 Å². The molecule has 0 N–H and O–H groups in total. The van der Waals surface area contributed by atoms with E-state index in [-0.39, 0.29) is 6.29 Å². The zero-order valence-electron chi connectivity index (χ0n) is 4.76. The molecule has 1 aliphatic rings. The summed E-state index contributed by atoms with van der Waals surface area (Å²) in [5.74, 6) is 0. The predicted molar refractivity (Wildman–Crippen MR) is 38.9 cm³/mol. The van der Waals surface area contributed by atoms with Gasteiger partial charge in [0, 0.05) is 13.5 Å². The highest BCUT2D eigenvalue weighted by Crippen LogP contribution is 2.23. The van der Waals surface area contributed by atoms with Gasteiger partial charge in [0.1, 0.15) is 4.11 Å². The van der Waals surface area contributed by atoms with Gasteiger partial charge in [-0.05, 0) is 6.42 Å². The molecule has 0 amide bonds. The normalized spacial score (nSPS) is 38.2. The minimum Gasteiger partial charge on any atom is -0.356 e. The zero-order valence-corrected chi connectivity index (χ0v) is 6.92. The minimum absolute atomic E-state index is 0.0666. The molecule has 0 aromatic heterocycles. The van der Waals surface area contributed by atoms with E-state index < -0.39 is 0 Å². The first-order valence-corrected chi connectivity index (χ1v) is 3.90. The van der Waals surface area contributed by atoms with E-state index >= 15 is 0 Å². The average Bonchev–Trinajstić information content (AvgIpc) is 2.14. The number of methoxy groups -OCH3 is 1. The van der Waals surface area contributed by atoms with Crippen molar-refractivity contribution in [1.29, 1.82) is 0 Å². The Morgan fingerprint density at radius 2 is 2.38 bits per heavy atom. The van der Waals surface area contributed by atoms with Gasteiger partial charge in [-0.3, -0.25) is 0 Å². The Bertz CT molecular complexity index is 76.8. The molecule has 1 rings (SSSR count). The summed E-state index contributed by atoms with van der Waals surface area (Å²) in [5, 5.41) is 0. The number of alkyl halides is 1. The van der Waals surface area contributed by atoms with E-state index in [9.17, 15) is 0 Å². The SMILES string of the molecule is COC1CCC(I)O1. The molecule has 8 heavy (non-hydrogen) atoms. The van der Waals surface area contributed by atoms with E-state index in [2.05, 4.69) is 22.6 Å². The molecule has 2 nitrogen and oxygen atoms in total. The topological polar surface area (TPSA) is 18.5 Å². The minimum atomic E-state index is 0.0666. The third-order valence-electron chi connectivity index (χ3n) is 1.19. The molecule has 48 valence electrons. The third-order valence-corrected chi connectivity index (χ3v) is 2.11. The van der Waals surface area contributed by atoms with Crippen LogP contribution in [-0.4, -0.2) is 17.5 Å². The van der Waals surface area contributed by atoms with Gasteiger partial charge < -0.3 is 9.47 Å². The number of rotatable bonds is 1. The molecule has 1 fully saturated rings. The van der Waals surface area contributed by atoms with Gasteiger partial charge in [0.25, 0.3) is 0 Å². The van der Waals surface area contributed by atoms with Gasteiger partial charge in [0.05, 0.1) is 0 Å². The van der Waals surface area contributed by atoms with Gasteiger partial charge in [-0.25, -0.2) is 0 Å². The molecule has 1 saturated heterocycles. The van der Waals surface area contributed by atoms with Crippen LogP contribution >= 0.6 is 22.6 Å². The van der Waals surface area contributed by atoms with Crippen LogP contribution in [0.1, 0.15) is 12.8 Å². The molecule has 0 saturated carbocycles. The lowest BCUT2D eigenvalue weighted by Gasteiger charge is -2.05. The summed E-state index contributed by atoms with van der Waals surface area (Å²) in [4.78, 5) is 0. The smallest absolute Gasteiger partial charge is 0.158 e. The van der Waals surface area contributed by atoms with Gasteiger partial charge in [-0.1, -0.05) is 22.6 Å². The van der Waals surface area contributed by atoms with E-state index in [0.717, 1.165) is 12.8 Å². The summed E-state index contributed by atoms with van der Waals surface area (Å²) in [7, 11) is 1.68. The van der Waals surface area contributed by atoms with E-state index in [1.54, 1.807) is 7.11 Å². The monoisotopic (exact) mass is 228 g/mol. The molecule has 0 spiro atoms. The molecule has 0 aromatic carbocycles. The molecule has 2 atom stereocenters. The highest BCUT2D eigenvalue weighted by molar-refractivity contribution is 14.1. The van der Waals surface area contributed by atoms with Gasteiger partial charge in [-0.2, -0.15) is 0 Å². The number of hydrogen-bond donors (Lipinski definition) is 0. The van der Waals surface area contributed by atoms with Crippen LogP contribution in [0.4, 0.5) is 0 Å². The fourth-order valence-electron chi connectivity index (χ4n) is 0.741. The van der Waals surface area contributed by atoms with Crippen molar-refractivity contribution in [3.05, 3.63) is 0 Å². The summed E-state index contributed by atoms with van der Waals surface area (Å²) in [6.07, 6.45) is 2.24. The van der Waals surface area contributed by atoms with Gasteiger partial charge in [0.15, 0.2) is 6.29 Å². The number of halogens is 1. The molecule has 1 aliphatic heterocycles. The lowest BCUT2D eigenvalue weighted by Crippen LogP contribution is -2.07. The van der Waals surface area contributed by atoms with Crippen LogP contribution in [0.3, 0.4) is 0 Å². The fourth-order valence-corrected chi connectivity index (χ4v) is 1.43. The van der Waals surface area contributed by atoms with Crippen molar-refractivity contribution in [2.45, 2.75) is 23.2 Å². The summed E-state index contributed by atoms with van der Waals surface area (Å²) in [6, 6.07) is 0. The first-order chi connectivity index (χ1) is 3.83. The van der Waals surface area contributed by atoms with E-state index in [4.69, 9.17) is 9.47 Å². The average molecular weight is 228 g/mol. The van der Waals surface area contributed by atoms with Crippen LogP contribution in [0, 0.1) is 0 Å². The highest BCUT2D eigenvalue weighted by Gasteiger charge is 2.21. The van der Waals surface area contributed by atoms with Crippen LogP contribution in [-0.2, 0) is 9.47 Å². The highest BCUT2D eigenvalue weighted by atomic mass is 127. The van der Waals surface area contributed by atoms with Crippen molar-refractivity contribution >= 4 is 22.6 Å². The Balaban J connectivity index is 2.22. The maximum absolute atomic E-state index is 5.27. The first-order valence-electron chi connectivity index (χ1n) is 2.65. The second kappa shape index (κ2) is 2.98. The fraction of sp³-hybridized carbons (Fsp3) is 1.00. The van der Waals surface area contributed by atoms with Crippen molar-refractivity contribution in [3.63, 3.8) is 0 Å². The predicted octanol–water partition coefficient (Wildman–Crippen LogP) is 1.53. The van der Waals surface area contributed by atoms with Gasteiger partial charge in [-0.15, -0.1) is 0 Å². The zero-order chi connectivity index (χ0) is 5.98. The number of hydrogen-bond acceptors (Lipinski definition) is 2. The molecule has 2 unspecified atom stereocenters. The second-order valence-electron chi connectivity index (χ2n) is 1.79. The van der Waals surface area contributed by atoms with E-state index in [0.29, 0.717) is 4.11 Å². The summed E-state index contributed by atoms with van der Waals surface area (Å²) >= 11 is 2.27. The maximum Gasteiger partial charge on any atom is 0.158 e. The van der Waals surface area contributed by atoms with Crippen molar-refractivity contribution in [2.24, 2.45) is 0 Å². The van der Waals surface area contributed by atoms with Crippen LogP contribution in [0.5, 0.6) is 0 Å². The van der Waals surface area contributed by atoms with Crippen LogP contribution in [0.25, 0.3) is 0 Å². The largest absolute Gasteiger partial charge is 0.356 e. The standard InChI is InChI=1S/C5H9IO2/c1-7-5-3-2-4(6)8-5/h4-5H,2-3H2,1H3. The molecule has 0 aromatic rings. The molecule has 1 heterocycles. The number of ether oxygens (including phenoxy) is 2. The van der Waals surface area contributed by atoms with Gasteiger partial charge in [0.2, 0.25) is 0 Å². The van der Waals surface area contributed by atoms with Crippen molar-refractivity contribution in [2.75, 3.05) is 7.11 Å². The summed E-state index contributed by atoms with van der Waals surface area (Å²) in [5.41, 5.74) is 0. The third kappa shape index (κ3) is 1.56. The Labute approximate surface area is 62.7 Å². The van der Waals surface area contributed by atoms with Crippen LogP contribution < -0.4 is 0 Å². The lowest BCUT2D eigenvalue weighted by atomic mass is 10.4. The first kappa shape index (κ1) is 6.77. The Kier molecular flexibility index (Phi) is 2.52. The van der Waals surface area contributed by atoms with Gasteiger partial charge >= 0.3 is 0 Å². The molecule has 3 heteroatoms. The van der Waals surface area contributed by atoms with Crippen molar-refractivity contribution < 1.29 is 9.47 Å². The summed E-state index contributed by atoms with van der Waals surface area (Å²) in [6.45, 7) is 0. The molecule has 0 bridgehead atoms. The van der Waals surface area contributed by atoms with Crippen LogP contribution in [0.15, 0.2) is 0 Å². The Hall–Kier alpha value is 0.650. The lowest BCUT2D eigenvalue weighted by molar-refractivity contribution is -0.0921. The Morgan fingerprint density at radius 3 is 2.62 bits per heavy atom. The van der Waals surface area contributed by atoms with Crippen LogP contribution in [0.2, 0.25) is 0 Å². The quantitative estimate of drug-likeness (QED) is 0.500. The molecular formula is C5H9IO2. The van der Waals surface area contributed by atoms with E-state index in [1.165, 1.54) is 0 Å². The second-order valence-corrected chi connectivity index (χ2v) is 3.18. The van der Waals surface area contributed by atoms with Crippen molar-refractivity contribution in [1.82, 2.24) is 0 Å². The van der Waals surface area contributed by atoms with Crippen molar-refractivity contribution in [3.8, 4) is 0 Å². The molecule has 0 aliphatic carbocycles.